The molecule has 2 aromatic carbocycles. The molecule has 3 rings (SSSR count). The number of benzene rings is 2. The van der Waals surface area contributed by atoms with Gasteiger partial charge in [-0.25, -0.2) is 28.8 Å². The Bertz CT molecular complexity index is 2490. The Morgan fingerprint density at radius 1 is 0.513 bits per heavy atom. The number of nitrogens with zero attached hydrogens (tertiary/aromatic N) is 7. The maximum absolute atomic E-state index is 13.5. The van der Waals surface area contributed by atoms with Gasteiger partial charge in [0.15, 0.2) is 0 Å². The summed E-state index contributed by atoms with van der Waals surface area (Å²) >= 11 is 0. The Morgan fingerprint density at radius 3 is 1.09 bits per heavy atom. The van der Waals surface area contributed by atoms with Crippen LogP contribution in [0.1, 0.15) is 50.7 Å². The first-order valence-electron chi connectivity index (χ1n) is 23.5. The number of hydrogen-bond donors (Lipinski definition) is 2. The number of rotatable bonds is 30. The minimum atomic E-state index is -1.52. The summed E-state index contributed by atoms with van der Waals surface area (Å²) in [6.07, 6.45) is 9.44. The molecule has 0 unspecified atom stereocenters. The van der Waals surface area contributed by atoms with E-state index in [9.17, 15) is 49.8 Å². The van der Waals surface area contributed by atoms with Crippen molar-refractivity contribution in [2.75, 3.05) is 75.9 Å². The van der Waals surface area contributed by atoms with Crippen LogP contribution in [0.25, 0.3) is 5.57 Å². The van der Waals surface area contributed by atoms with Crippen molar-refractivity contribution in [3.05, 3.63) is 140 Å². The van der Waals surface area contributed by atoms with Crippen molar-refractivity contribution < 1.29 is 61.8 Å². The maximum Gasteiger partial charge on any atom is 0.412 e. The number of amides is 2. The van der Waals surface area contributed by atoms with Crippen LogP contribution in [0.5, 0.6) is 0 Å². The molecular formula is C55H60N9O12+. The Balaban J connectivity index is 2.16. The van der Waals surface area contributed by atoms with Crippen LogP contribution < -0.4 is 20.4 Å². The number of esters is 4. The second-order valence-corrected chi connectivity index (χ2v) is 16.9. The molecule has 21 nitrogen and oxygen atoms in total. The largest absolute Gasteiger partial charge is 0.460 e. The Kier molecular flexibility index (Phi) is 25.2. The van der Waals surface area contributed by atoms with Gasteiger partial charge < -0.3 is 48.9 Å². The van der Waals surface area contributed by atoms with E-state index >= 15 is 0 Å². The van der Waals surface area contributed by atoms with Gasteiger partial charge in [-0.1, -0.05) is 50.6 Å². The van der Waals surface area contributed by atoms with Gasteiger partial charge in [-0.2, -0.15) is 25.6 Å². The van der Waals surface area contributed by atoms with Gasteiger partial charge >= 0.3 is 36.1 Å². The molecule has 0 heterocycles. The van der Waals surface area contributed by atoms with E-state index in [1.54, 1.807) is 24.3 Å². The highest BCUT2D eigenvalue weighted by Gasteiger charge is 2.33. The highest BCUT2D eigenvalue weighted by atomic mass is 16.6. The lowest BCUT2D eigenvalue weighted by molar-refractivity contribution is -0.589. The van der Waals surface area contributed by atoms with Crippen molar-refractivity contribution in [2.45, 2.75) is 50.6 Å². The van der Waals surface area contributed by atoms with E-state index in [1.807, 2.05) is 58.3 Å². The summed E-state index contributed by atoms with van der Waals surface area (Å²) in [6.45, 7) is 14.9. The quantitative estimate of drug-likeness (QED) is 0.0292. The number of hydrogen-bond acceptors (Lipinski definition) is 18. The monoisotopic (exact) mass is 1040 g/mol. The molecule has 0 spiro atoms. The Morgan fingerprint density at radius 2 is 0.816 bits per heavy atom. The third-order valence-electron chi connectivity index (χ3n) is 10.8. The van der Waals surface area contributed by atoms with Crippen LogP contribution in [-0.2, 0) is 47.6 Å². The van der Waals surface area contributed by atoms with Gasteiger partial charge in [0.1, 0.15) is 37.5 Å². The summed E-state index contributed by atoms with van der Waals surface area (Å²) in [6, 6.07) is 23.9. The number of nitrogens with one attached hydrogen (secondary N) is 2. The van der Waals surface area contributed by atoms with Crippen LogP contribution >= 0.6 is 0 Å². The van der Waals surface area contributed by atoms with Gasteiger partial charge in [-0.05, 0) is 72.5 Å². The number of anilines is 2. The minimum Gasteiger partial charge on any atom is -0.460 e. The molecular weight excluding hydrogens is 979 g/mol. The average molecular weight is 1040 g/mol. The summed E-state index contributed by atoms with van der Waals surface area (Å²) < 4.78 is 33.2. The molecule has 2 N–H and O–H groups in total. The lowest BCUT2D eigenvalue weighted by atomic mass is 9.90. The van der Waals surface area contributed by atoms with E-state index in [2.05, 4.69) is 61.2 Å². The fourth-order valence-electron chi connectivity index (χ4n) is 6.91. The van der Waals surface area contributed by atoms with Crippen LogP contribution in [0.15, 0.2) is 129 Å². The van der Waals surface area contributed by atoms with E-state index in [1.165, 1.54) is 18.4 Å². The molecule has 0 aromatic heterocycles. The SMILES string of the molecule is C=CC(=O)OCC(C)(COC(=O)C=C)NC(=O)OC[N+](COC(=O)NC(C)(COC(=O)C=C)COC(=O)C=C)=C1C=CC(=C(c2ccc(N(CCC#N)CCC#N)cc2)c2ccc(N(CCC#N)CCC#N)cc2)C=C1. The number of ether oxygens (including phenoxy) is 6. The lowest BCUT2D eigenvalue weighted by Crippen LogP contribution is -2.54. The number of alkyl carbamates (subject to hydrolysis) is 2. The van der Waals surface area contributed by atoms with Gasteiger partial charge in [0.05, 0.1) is 50.0 Å². The average Bonchev–Trinajstić information content (AvgIpc) is 3.43. The molecule has 1 aliphatic carbocycles. The molecule has 0 radical (unpaired) electrons. The molecule has 0 saturated heterocycles. The molecule has 0 aliphatic heterocycles. The van der Waals surface area contributed by atoms with E-state index < -0.39 is 87.0 Å². The molecule has 0 atom stereocenters. The lowest BCUT2D eigenvalue weighted by Gasteiger charge is -2.29. The van der Waals surface area contributed by atoms with Crippen LogP contribution in [0, 0.1) is 45.3 Å². The van der Waals surface area contributed by atoms with Crippen molar-refractivity contribution in [2.24, 2.45) is 0 Å². The standard InChI is InChI=1S/C55H59N9O12/c1-7-47(65)71-35-54(5,36-72-48(66)8-2)60-52(69)75-39-64(40-76-53(70)61-55(6,37-73-49(67)9-3)38-74-50(68)10-4)46-25-19-43(20-26-46)51(41-15-21-44(22-16-41)62(31-11-27-56)32-12-28-57)42-17-23-45(24-18-42)63(33-13-29-58)34-14-30-59/h7-10,15-26H,1-4,11-14,31-40H2,5-6H3,(H-,60,61,69,70)/p+1. The van der Waals surface area contributed by atoms with Gasteiger partial charge in [0, 0.05) is 74.0 Å². The molecule has 2 aromatic rings. The summed E-state index contributed by atoms with van der Waals surface area (Å²) in [5, 5.41) is 42.3. The number of carbonyl (C=O) groups excluding carboxylic acids is 6. The fraction of sp³-hybridized carbons (Fsp3) is 0.327. The second-order valence-electron chi connectivity index (χ2n) is 16.9. The van der Waals surface area contributed by atoms with Crippen molar-refractivity contribution >= 4 is 58.7 Å². The van der Waals surface area contributed by atoms with Crippen LogP contribution in [-0.4, -0.2) is 123 Å². The molecule has 0 bridgehead atoms. The van der Waals surface area contributed by atoms with Crippen molar-refractivity contribution in [3.8, 4) is 24.3 Å². The van der Waals surface area contributed by atoms with Crippen LogP contribution in [0.4, 0.5) is 21.0 Å². The van der Waals surface area contributed by atoms with Gasteiger partial charge in [-0.15, -0.1) is 0 Å². The van der Waals surface area contributed by atoms with Crippen molar-refractivity contribution in [1.82, 2.24) is 10.6 Å². The molecule has 21 heteroatoms. The highest BCUT2D eigenvalue weighted by Crippen LogP contribution is 2.33. The van der Waals surface area contributed by atoms with E-state index in [0.717, 1.165) is 52.4 Å². The smallest absolute Gasteiger partial charge is 0.412 e. The Labute approximate surface area is 441 Å². The number of nitriles is 4. The predicted molar refractivity (Wildman–Crippen MR) is 278 cm³/mol. The molecule has 0 saturated carbocycles. The normalized spacial score (nSPS) is 11.3. The van der Waals surface area contributed by atoms with E-state index in [-0.39, 0.29) is 25.7 Å². The van der Waals surface area contributed by atoms with Crippen LogP contribution in [0.2, 0.25) is 0 Å². The van der Waals surface area contributed by atoms with Gasteiger partial charge in [0.2, 0.25) is 5.71 Å². The zero-order chi connectivity index (χ0) is 55.9. The first-order chi connectivity index (χ1) is 36.5. The van der Waals surface area contributed by atoms with Gasteiger partial charge in [-0.3, -0.25) is 0 Å². The topological polar surface area (TPSA) is 287 Å². The first-order valence-corrected chi connectivity index (χ1v) is 23.5. The molecule has 2 amide bonds. The molecule has 76 heavy (non-hydrogen) atoms. The first kappa shape index (κ1) is 60.6. The number of carbonyl (C=O) groups is 6. The zero-order valence-corrected chi connectivity index (χ0v) is 42.5. The minimum absolute atomic E-state index is 0.255. The number of allylic oxidation sites excluding steroid dienone is 5. The summed E-state index contributed by atoms with van der Waals surface area (Å²) in [5.41, 5.74) is 1.97. The van der Waals surface area contributed by atoms with E-state index in [0.29, 0.717) is 37.5 Å². The summed E-state index contributed by atoms with van der Waals surface area (Å²) in [4.78, 5) is 78.7. The molecule has 0 fully saturated rings. The third kappa shape index (κ3) is 20.4. The van der Waals surface area contributed by atoms with Crippen molar-refractivity contribution in [1.29, 1.82) is 21.0 Å². The van der Waals surface area contributed by atoms with Gasteiger partial charge in [0.25, 0.3) is 13.5 Å². The molecule has 1 aliphatic rings. The van der Waals surface area contributed by atoms with Crippen LogP contribution in [0.3, 0.4) is 0 Å². The third-order valence-corrected chi connectivity index (χ3v) is 10.8. The molecule has 396 valence electrons. The van der Waals surface area contributed by atoms with Crippen molar-refractivity contribution in [3.63, 3.8) is 0 Å². The van der Waals surface area contributed by atoms with E-state index in [4.69, 9.17) is 28.4 Å². The Hall–Kier alpha value is -9.73. The second kappa shape index (κ2) is 31.7. The zero-order valence-electron chi connectivity index (χ0n) is 42.5. The maximum atomic E-state index is 13.5. The fourth-order valence-corrected chi connectivity index (χ4v) is 6.91. The summed E-state index contributed by atoms with van der Waals surface area (Å²) in [7, 11) is 0. The highest BCUT2D eigenvalue weighted by molar-refractivity contribution is 6.04. The predicted octanol–water partition coefficient (Wildman–Crippen LogP) is 6.14. The summed E-state index contributed by atoms with van der Waals surface area (Å²) in [5.74, 6) is -3.27.